The molecule has 1 aromatic carbocycles. The molecular weight excluding hydrogens is 393 g/mol. The Bertz CT molecular complexity index is 905. The summed E-state index contributed by atoms with van der Waals surface area (Å²) < 4.78 is 90.5. The zero-order valence-electron chi connectivity index (χ0n) is 14.2. The maximum absolute atomic E-state index is 14.3. The Balaban J connectivity index is 1.92. The Morgan fingerprint density at radius 2 is 1.57 bits per heavy atom. The van der Waals surface area contributed by atoms with Gasteiger partial charge in [0.25, 0.3) is 0 Å². The molecule has 0 spiro atoms. The first-order valence-corrected chi connectivity index (χ1v) is 7.89. The number of halogens is 7. The quantitative estimate of drug-likeness (QED) is 0.616. The monoisotopic (exact) mass is 406 g/mol. The number of nitrogens with zero attached hydrogens (tertiary/aromatic N) is 2. The van der Waals surface area contributed by atoms with Gasteiger partial charge in [-0.1, -0.05) is 18.2 Å². The van der Waals surface area contributed by atoms with Gasteiger partial charge in [0.2, 0.25) is 0 Å². The normalized spacial score (nSPS) is 21.0. The van der Waals surface area contributed by atoms with Gasteiger partial charge in [-0.15, -0.1) is 0 Å². The van der Waals surface area contributed by atoms with Crippen LogP contribution in [0.3, 0.4) is 0 Å². The van der Waals surface area contributed by atoms with Gasteiger partial charge in [0.1, 0.15) is 11.6 Å². The van der Waals surface area contributed by atoms with Gasteiger partial charge in [-0.05, 0) is 30.2 Å². The number of hydroxylamine groups is 2. The molecule has 150 valence electrons. The summed E-state index contributed by atoms with van der Waals surface area (Å²) >= 11 is 0. The van der Waals surface area contributed by atoms with Crippen molar-refractivity contribution in [2.24, 2.45) is 0 Å². The van der Waals surface area contributed by atoms with Crippen LogP contribution in [0.5, 0.6) is 0 Å². The number of benzene rings is 1. The van der Waals surface area contributed by atoms with E-state index >= 15 is 0 Å². The van der Waals surface area contributed by atoms with Crippen LogP contribution in [0.15, 0.2) is 65.4 Å². The SMILES string of the molecule is CN1C(c2ccc(C(F)(F)F)cc2)=CN(O)C1=C1CC=C(C(F)(F)F)C=C1F. The molecule has 10 heteroatoms. The molecule has 28 heavy (non-hydrogen) atoms. The minimum atomic E-state index is -4.70. The highest BCUT2D eigenvalue weighted by atomic mass is 19.4. The molecule has 0 aromatic heterocycles. The van der Waals surface area contributed by atoms with E-state index in [9.17, 15) is 35.9 Å². The molecular formula is C18H13F7N2O. The van der Waals surface area contributed by atoms with Crippen molar-refractivity contribution < 1.29 is 35.9 Å². The van der Waals surface area contributed by atoms with Crippen molar-refractivity contribution in [3.8, 4) is 0 Å². The zero-order chi connectivity index (χ0) is 20.9. The molecule has 2 aliphatic rings. The highest BCUT2D eigenvalue weighted by Gasteiger charge is 2.36. The zero-order valence-corrected chi connectivity index (χ0v) is 14.2. The van der Waals surface area contributed by atoms with Crippen molar-refractivity contribution in [3.63, 3.8) is 0 Å². The van der Waals surface area contributed by atoms with Crippen molar-refractivity contribution in [2.75, 3.05) is 7.05 Å². The molecule has 1 aromatic rings. The fourth-order valence-corrected chi connectivity index (χ4v) is 2.96. The van der Waals surface area contributed by atoms with Crippen LogP contribution in [0.1, 0.15) is 17.5 Å². The van der Waals surface area contributed by atoms with Crippen LogP contribution in [0.2, 0.25) is 0 Å². The number of hydrogen-bond acceptors (Lipinski definition) is 3. The number of alkyl halides is 6. The number of allylic oxidation sites excluding steroid dienone is 5. The van der Waals surface area contributed by atoms with Gasteiger partial charge in [0, 0.05) is 12.6 Å². The van der Waals surface area contributed by atoms with E-state index in [1.807, 2.05) is 0 Å². The van der Waals surface area contributed by atoms with Crippen molar-refractivity contribution in [3.05, 3.63) is 76.5 Å². The van der Waals surface area contributed by atoms with Crippen LogP contribution < -0.4 is 0 Å². The first-order valence-electron chi connectivity index (χ1n) is 7.89. The predicted octanol–water partition coefficient (Wildman–Crippen LogP) is 5.60. The molecule has 0 saturated carbocycles. The lowest BCUT2D eigenvalue weighted by Crippen LogP contribution is -2.22. The van der Waals surface area contributed by atoms with Gasteiger partial charge in [-0.2, -0.15) is 26.3 Å². The van der Waals surface area contributed by atoms with Crippen LogP contribution in [0.4, 0.5) is 30.7 Å². The summed E-state index contributed by atoms with van der Waals surface area (Å²) in [6.07, 6.45) is -7.35. The minimum absolute atomic E-state index is 0.124. The lowest BCUT2D eigenvalue weighted by Gasteiger charge is -2.24. The second-order valence-electron chi connectivity index (χ2n) is 6.15. The summed E-state index contributed by atoms with van der Waals surface area (Å²) in [6.45, 7) is 0. The van der Waals surface area contributed by atoms with Crippen LogP contribution in [-0.2, 0) is 6.18 Å². The second-order valence-corrected chi connectivity index (χ2v) is 6.15. The molecule has 1 N–H and O–H groups in total. The van der Waals surface area contributed by atoms with E-state index in [2.05, 4.69) is 0 Å². The Kier molecular flexibility index (Phi) is 4.78. The Morgan fingerprint density at radius 3 is 2.07 bits per heavy atom. The van der Waals surface area contributed by atoms with Crippen LogP contribution in [-0.4, -0.2) is 28.4 Å². The van der Waals surface area contributed by atoms with Gasteiger partial charge in [0.15, 0.2) is 0 Å². The van der Waals surface area contributed by atoms with Crippen molar-refractivity contribution in [1.82, 2.24) is 9.96 Å². The van der Waals surface area contributed by atoms with Crippen molar-refractivity contribution in [1.29, 1.82) is 0 Å². The molecule has 0 atom stereocenters. The Morgan fingerprint density at radius 1 is 0.964 bits per heavy atom. The third-order valence-electron chi connectivity index (χ3n) is 4.34. The topological polar surface area (TPSA) is 26.7 Å². The summed E-state index contributed by atoms with van der Waals surface area (Å²) in [5.41, 5.74) is -1.62. The fourth-order valence-electron chi connectivity index (χ4n) is 2.96. The molecule has 0 unspecified atom stereocenters. The third-order valence-corrected chi connectivity index (χ3v) is 4.34. The maximum atomic E-state index is 14.3. The Labute approximate surface area is 154 Å². The lowest BCUT2D eigenvalue weighted by atomic mass is 10.00. The van der Waals surface area contributed by atoms with Gasteiger partial charge < -0.3 is 4.90 Å². The van der Waals surface area contributed by atoms with E-state index in [1.54, 1.807) is 0 Å². The van der Waals surface area contributed by atoms with Crippen molar-refractivity contribution >= 4 is 5.70 Å². The summed E-state index contributed by atoms with van der Waals surface area (Å²) in [5, 5.41) is 10.6. The van der Waals surface area contributed by atoms with Crippen LogP contribution in [0.25, 0.3) is 5.70 Å². The van der Waals surface area contributed by atoms with E-state index in [0.717, 1.165) is 24.4 Å². The first-order chi connectivity index (χ1) is 12.9. The summed E-state index contributed by atoms with van der Waals surface area (Å²) in [5.74, 6) is -1.28. The third kappa shape index (κ3) is 3.64. The Hall–Kier alpha value is -2.75. The molecule has 1 heterocycles. The van der Waals surface area contributed by atoms with E-state index < -0.39 is 35.7 Å². The average molecular weight is 406 g/mol. The van der Waals surface area contributed by atoms with E-state index in [1.165, 1.54) is 24.1 Å². The van der Waals surface area contributed by atoms with Crippen LogP contribution >= 0.6 is 0 Å². The number of hydrogen-bond donors (Lipinski definition) is 1. The van der Waals surface area contributed by atoms with Crippen molar-refractivity contribution in [2.45, 2.75) is 18.8 Å². The van der Waals surface area contributed by atoms with E-state index in [0.29, 0.717) is 16.7 Å². The molecule has 0 amide bonds. The number of rotatable bonds is 1. The van der Waals surface area contributed by atoms with Gasteiger partial charge in [0.05, 0.1) is 23.0 Å². The first kappa shape index (κ1) is 20.0. The van der Waals surface area contributed by atoms with Gasteiger partial charge >= 0.3 is 12.4 Å². The molecule has 1 aliphatic heterocycles. The van der Waals surface area contributed by atoms with Gasteiger partial charge in [-0.3, -0.25) is 5.21 Å². The highest BCUT2D eigenvalue weighted by molar-refractivity contribution is 5.68. The predicted molar refractivity (Wildman–Crippen MR) is 85.8 cm³/mol. The maximum Gasteiger partial charge on any atom is 0.416 e. The smallest absolute Gasteiger partial charge is 0.327 e. The lowest BCUT2D eigenvalue weighted by molar-refractivity contribution is -0.137. The summed E-state index contributed by atoms with van der Waals surface area (Å²) in [6, 6.07) is 4.08. The molecule has 0 saturated heterocycles. The second kappa shape index (κ2) is 6.69. The molecule has 0 fully saturated rings. The molecule has 1 aliphatic carbocycles. The highest BCUT2D eigenvalue weighted by Crippen LogP contribution is 2.40. The molecule has 3 nitrogen and oxygen atoms in total. The average Bonchev–Trinajstić information content (AvgIpc) is 2.88. The largest absolute Gasteiger partial charge is 0.416 e. The summed E-state index contributed by atoms with van der Waals surface area (Å²) in [7, 11) is 1.42. The molecule has 0 bridgehead atoms. The van der Waals surface area contributed by atoms with E-state index in [-0.39, 0.29) is 17.1 Å². The fraction of sp³-hybridized carbons (Fsp3) is 0.222. The molecule has 3 rings (SSSR count). The van der Waals surface area contributed by atoms with Gasteiger partial charge in [-0.25, -0.2) is 9.45 Å². The van der Waals surface area contributed by atoms with Crippen LogP contribution in [0, 0.1) is 0 Å². The standard InChI is InChI=1S/C18H13F7N2O/c1-26-15(10-2-4-11(5-3-10)17(20,21)22)9-27(28)16(26)13-7-6-12(8-14(13)19)18(23,24)25/h2-6,8-9,28H,7H2,1H3. The summed E-state index contributed by atoms with van der Waals surface area (Å²) in [4.78, 5) is 1.29. The minimum Gasteiger partial charge on any atom is -0.327 e. The molecule has 0 radical (unpaired) electrons. The van der Waals surface area contributed by atoms with E-state index in [4.69, 9.17) is 0 Å².